The number of hydrogen-bond donors (Lipinski definition) is 2. The van der Waals surface area contributed by atoms with Crippen LogP contribution in [0.4, 0.5) is 10.6 Å². The molecule has 0 unspecified atom stereocenters. The normalized spacial score (nSPS) is 10.9. The van der Waals surface area contributed by atoms with Crippen molar-refractivity contribution in [2.24, 2.45) is 13.0 Å². The number of nitrogens with one attached hydrogen (secondary N) is 2. The lowest BCUT2D eigenvalue weighted by atomic mass is 10.2. The van der Waals surface area contributed by atoms with Crippen molar-refractivity contribution >= 4 is 11.8 Å². The number of pyridine rings is 1. The van der Waals surface area contributed by atoms with Gasteiger partial charge < -0.3 is 9.88 Å². The van der Waals surface area contributed by atoms with Crippen LogP contribution in [-0.2, 0) is 20.1 Å². The third-order valence-electron chi connectivity index (χ3n) is 3.84. The number of imidazole rings is 1. The fourth-order valence-electron chi connectivity index (χ4n) is 2.61. The first kappa shape index (κ1) is 17.7. The van der Waals surface area contributed by atoms with Crippen LogP contribution in [0.15, 0.2) is 43.0 Å². The van der Waals surface area contributed by atoms with E-state index in [9.17, 15) is 4.79 Å². The SMILES string of the molecule is CC(C)Cn1cncc1CNC(=O)Nc1cc(-c2ccccn2)nn1C. The van der Waals surface area contributed by atoms with Crippen LogP contribution in [0.3, 0.4) is 0 Å². The van der Waals surface area contributed by atoms with Crippen LogP contribution in [0.1, 0.15) is 19.5 Å². The number of carbonyl (C=O) groups is 1. The van der Waals surface area contributed by atoms with Crippen LogP contribution in [0.25, 0.3) is 11.4 Å². The summed E-state index contributed by atoms with van der Waals surface area (Å²) in [5.74, 6) is 1.11. The second kappa shape index (κ2) is 7.81. The molecule has 2 N–H and O–H groups in total. The molecule has 0 saturated heterocycles. The first-order valence-corrected chi connectivity index (χ1v) is 8.52. The summed E-state index contributed by atoms with van der Waals surface area (Å²) < 4.78 is 3.67. The van der Waals surface area contributed by atoms with E-state index in [1.807, 2.05) is 22.8 Å². The van der Waals surface area contributed by atoms with Gasteiger partial charge in [-0.15, -0.1) is 0 Å². The van der Waals surface area contributed by atoms with Crippen molar-refractivity contribution in [3.05, 3.63) is 48.7 Å². The van der Waals surface area contributed by atoms with Gasteiger partial charge in [-0.3, -0.25) is 15.0 Å². The fraction of sp³-hybridized carbons (Fsp3) is 0.333. The van der Waals surface area contributed by atoms with Gasteiger partial charge in [-0.05, 0) is 18.1 Å². The Labute approximate surface area is 152 Å². The van der Waals surface area contributed by atoms with Gasteiger partial charge in [0.1, 0.15) is 11.5 Å². The standard InChI is InChI=1S/C18H23N7O/c1-13(2)11-25-12-19-9-14(25)10-21-18(26)22-17-8-16(23-24(17)3)15-6-4-5-7-20-15/h4-9,12-13H,10-11H2,1-3H3,(H2,21,22,26). The quantitative estimate of drug-likeness (QED) is 0.713. The Morgan fingerprint density at radius 3 is 2.85 bits per heavy atom. The van der Waals surface area contributed by atoms with Crippen molar-refractivity contribution in [2.45, 2.75) is 26.9 Å². The second-order valence-corrected chi connectivity index (χ2v) is 6.49. The molecule has 0 bridgehead atoms. The Balaban J connectivity index is 1.61. The molecule has 0 radical (unpaired) electrons. The minimum absolute atomic E-state index is 0.294. The van der Waals surface area contributed by atoms with Crippen LogP contribution >= 0.6 is 0 Å². The molecular weight excluding hydrogens is 330 g/mol. The van der Waals surface area contributed by atoms with Crippen molar-refractivity contribution in [3.63, 3.8) is 0 Å². The van der Waals surface area contributed by atoms with Gasteiger partial charge in [0.05, 0.1) is 24.3 Å². The van der Waals surface area contributed by atoms with Gasteiger partial charge in [-0.1, -0.05) is 19.9 Å². The molecule has 26 heavy (non-hydrogen) atoms. The van der Waals surface area contributed by atoms with Crippen molar-refractivity contribution < 1.29 is 4.79 Å². The molecule has 3 heterocycles. The molecule has 0 aromatic carbocycles. The van der Waals surface area contributed by atoms with Gasteiger partial charge in [0, 0.05) is 32.1 Å². The third-order valence-corrected chi connectivity index (χ3v) is 3.84. The molecule has 8 nitrogen and oxygen atoms in total. The van der Waals surface area contributed by atoms with Crippen molar-refractivity contribution in [2.75, 3.05) is 5.32 Å². The van der Waals surface area contributed by atoms with Crippen LogP contribution in [0, 0.1) is 5.92 Å². The largest absolute Gasteiger partial charge is 0.333 e. The number of hydrogen-bond acceptors (Lipinski definition) is 4. The summed E-state index contributed by atoms with van der Waals surface area (Å²) in [4.78, 5) is 20.7. The third kappa shape index (κ3) is 4.27. The van der Waals surface area contributed by atoms with E-state index in [4.69, 9.17) is 0 Å². The highest BCUT2D eigenvalue weighted by Crippen LogP contribution is 2.18. The number of anilines is 1. The molecule has 0 saturated carbocycles. The van der Waals surface area contributed by atoms with Gasteiger partial charge in [0.2, 0.25) is 0 Å². The van der Waals surface area contributed by atoms with Gasteiger partial charge >= 0.3 is 6.03 Å². The molecule has 0 spiro atoms. The number of urea groups is 1. The fourth-order valence-corrected chi connectivity index (χ4v) is 2.61. The van der Waals surface area contributed by atoms with Crippen molar-refractivity contribution in [3.8, 4) is 11.4 Å². The molecule has 3 aromatic heterocycles. The van der Waals surface area contributed by atoms with Crippen molar-refractivity contribution in [1.29, 1.82) is 0 Å². The lowest BCUT2D eigenvalue weighted by Gasteiger charge is -2.11. The maximum Gasteiger partial charge on any atom is 0.320 e. The van der Waals surface area contributed by atoms with E-state index in [0.29, 0.717) is 24.0 Å². The van der Waals surface area contributed by atoms with Crippen LogP contribution in [-0.4, -0.2) is 30.3 Å². The lowest BCUT2D eigenvalue weighted by molar-refractivity contribution is 0.251. The highest BCUT2D eigenvalue weighted by Gasteiger charge is 2.11. The smallest absolute Gasteiger partial charge is 0.320 e. The first-order chi connectivity index (χ1) is 12.5. The highest BCUT2D eigenvalue weighted by molar-refractivity contribution is 5.88. The monoisotopic (exact) mass is 353 g/mol. The van der Waals surface area contributed by atoms with E-state index in [1.165, 1.54) is 0 Å². The number of aryl methyl sites for hydroxylation is 1. The molecule has 3 aromatic rings. The average molecular weight is 353 g/mol. The molecule has 0 aliphatic heterocycles. The molecular formula is C18H23N7O. The maximum absolute atomic E-state index is 12.2. The van der Waals surface area contributed by atoms with Gasteiger partial charge in [0.25, 0.3) is 0 Å². The number of rotatable bonds is 6. The Kier molecular flexibility index (Phi) is 5.31. The van der Waals surface area contributed by atoms with Crippen LogP contribution < -0.4 is 10.6 Å². The topological polar surface area (TPSA) is 89.7 Å². The zero-order valence-electron chi connectivity index (χ0n) is 15.2. The molecule has 0 aliphatic rings. The van der Waals surface area contributed by atoms with E-state index in [-0.39, 0.29) is 6.03 Å². The predicted molar refractivity (Wildman–Crippen MR) is 99.4 cm³/mol. The number of nitrogens with zero attached hydrogens (tertiary/aromatic N) is 5. The summed E-state index contributed by atoms with van der Waals surface area (Å²) in [6, 6.07) is 7.13. The van der Waals surface area contributed by atoms with E-state index >= 15 is 0 Å². The summed E-state index contributed by atoms with van der Waals surface area (Å²) in [5.41, 5.74) is 2.43. The summed E-state index contributed by atoms with van der Waals surface area (Å²) in [5, 5.41) is 10.1. The Hall–Kier alpha value is -3.16. The Bertz CT molecular complexity index is 867. The average Bonchev–Trinajstić information content (AvgIpc) is 3.20. The molecule has 0 atom stereocenters. The van der Waals surface area contributed by atoms with Crippen molar-refractivity contribution in [1.82, 2.24) is 29.6 Å². The number of carbonyl (C=O) groups excluding carboxylic acids is 1. The summed E-state index contributed by atoms with van der Waals surface area (Å²) in [6.07, 6.45) is 5.27. The zero-order valence-corrected chi connectivity index (χ0v) is 15.2. The van der Waals surface area contributed by atoms with E-state index in [2.05, 4.69) is 39.5 Å². The van der Waals surface area contributed by atoms with Gasteiger partial charge in [-0.25, -0.2) is 9.78 Å². The maximum atomic E-state index is 12.2. The molecule has 136 valence electrons. The molecule has 0 aliphatic carbocycles. The lowest BCUT2D eigenvalue weighted by Crippen LogP contribution is -2.30. The molecule has 3 rings (SSSR count). The van der Waals surface area contributed by atoms with E-state index < -0.39 is 0 Å². The minimum Gasteiger partial charge on any atom is -0.333 e. The first-order valence-electron chi connectivity index (χ1n) is 8.52. The van der Waals surface area contributed by atoms with Crippen LogP contribution in [0.2, 0.25) is 0 Å². The van der Waals surface area contributed by atoms with Gasteiger partial charge in [0.15, 0.2) is 0 Å². The van der Waals surface area contributed by atoms with E-state index in [0.717, 1.165) is 17.9 Å². The number of aromatic nitrogens is 5. The van der Waals surface area contributed by atoms with E-state index in [1.54, 1.807) is 36.5 Å². The van der Waals surface area contributed by atoms with Gasteiger partial charge in [-0.2, -0.15) is 5.10 Å². The predicted octanol–water partition coefficient (Wildman–Crippen LogP) is 2.66. The van der Waals surface area contributed by atoms with Crippen LogP contribution in [0.5, 0.6) is 0 Å². The number of amides is 2. The summed E-state index contributed by atoms with van der Waals surface area (Å²) in [7, 11) is 1.78. The minimum atomic E-state index is -0.294. The summed E-state index contributed by atoms with van der Waals surface area (Å²) in [6.45, 7) is 5.56. The summed E-state index contributed by atoms with van der Waals surface area (Å²) >= 11 is 0. The zero-order chi connectivity index (χ0) is 18.5. The Morgan fingerprint density at radius 2 is 2.12 bits per heavy atom. The molecule has 2 amide bonds. The molecule has 8 heteroatoms. The molecule has 0 fully saturated rings. The second-order valence-electron chi connectivity index (χ2n) is 6.49. The Morgan fingerprint density at radius 1 is 1.27 bits per heavy atom. The highest BCUT2D eigenvalue weighted by atomic mass is 16.2.